The second-order valence-corrected chi connectivity index (χ2v) is 6.63. The zero-order valence-corrected chi connectivity index (χ0v) is 9.96. The molecule has 0 bridgehead atoms. The molecule has 1 aliphatic heterocycles. The van der Waals surface area contributed by atoms with Crippen molar-refractivity contribution in [1.29, 1.82) is 0 Å². The van der Waals surface area contributed by atoms with E-state index in [9.17, 15) is 13.2 Å². The SMILES string of the molecule is O=C(O[C@@H]1CCCS(=O)(=O)C1)C1=CCCC1. The fourth-order valence-electron chi connectivity index (χ4n) is 2.16. The minimum absolute atomic E-state index is 0.00792. The largest absolute Gasteiger partial charge is 0.458 e. The Morgan fingerprint density at radius 1 is 1.38 bits per heavy atom. The molecule has 1 heterocycles. The lowest BCUT2D eigenvalue weighted by Gasteiger charge is -2.22. The van der Waals surface area contributed by atoms with Crippen LogP contribution in [0.25, 0.3) is 0 Å². The highest BCUT2D eigenvalue weighted by Gasteiger charge is 2.28. The second kappa shape index (κ2) is 4.57. The summed E-state index contributed by atoms with van der Waals surface area (Å²) in [6.45, 7) is 0. The van der Waals surface area contributed by atoms with Crippen molar-refractivity contribution in [2.45, 2.75) is 38.2 Å². The Bertz CT molecular complexity index is 408. The number of allylic oxidation sites excluding steroid dienone is 1. The molecule has 0 spiro atoms. The molecule has 4 nitrogen and oxygen atoms in total. The first-order chi connectivity index (χ1) is 7.57. The standard InChI is InChI=1S/C11H16O4S/c12-11(9-4-1-2-5-9)15-10-6-3-7-16(13,14)8-10/h4,10H,1-3,5-8H2/t10-/m1/s1. The third-order valence-corrected chi connectivity index (χ3v) is 4.79. The molecule has 1 saturated heterocycles. The van der Waals surface area contributed by atoms with Crippen LogP contribution in [0.1, 0.15) is 32.1 Å². The number of hydrogen-bond donors (Lipinski definition) is 0. The summed E-state index contributed by atoms with van der Waals surface area (Å²) < 4.78 is 27.9. The monoisotopic (exact) mass is 244 g/mol. The molecule has 0 radical (unpaired) electrons. The smallest absolute Gasteiger partial charge is 0.333 e. The van der Waals surface area contributed by atoms with E-state index in [4.69, 9.17) is 4.74 Å². The van der Waals surface area contributed by atoms with E-state index in [-0.39, 0.29) is 17.5 Å². The van der Waals surface area contributed by atoms with E-state index < -0.39 is 15.9 Å². The molecule has 2 rings (SSSR count). The molecule has 0 unspecified atom stereocenters. The van der Waals surface area contributed by atoms with Crippen LogP contribution in [0.4, 0.5) is 0 Å². The quantitative estimate of drug-likeness (QED) is 0.685. The summed E-state index contributed by atoms with van der Waals surface area (Å²) in [5, 5.41) is 0. The predicted molar refractivity (Wildman–Crippen MR) is 59.7 cm³/mol. The van der Waals surface area contributed by atoms with Crippen molar-refractivity contribution in [3.05, 3.63) is 11.6 Å². The zero-order valence-electron chi connectivity index (χ0n) is 9.15. The van der Waals surface area contributed by atoms with Gasteiger partial charge in [0.25, 0.3) is 0 Å². The molecule has 0 amide bonds. The van der Waals surface area contributed by atoms with Gasteiger partial charge in [-0.1, -0.05) is 6.08 Å². The van der Waals surface area contributed by atoms with Crippen molar-refractivity contribution in [3.8, 4) is 0 Å². The summed E-state index contributed by atoms with van der Waals surface area (Å²) in [7, 11) is -3.00. The molecule has 5 heteroatoms. The van der Waals surface area contributed by atoms with Gasteiger partial charge in [0.05, 0.1) is 11.5 Å². The number of sulfone groups is 1. The average Bonchev–Trinajstić information content (AvgIpc) is 2.68. The number of hydrogen-bond acceptors (Lipinski definition) is 4. The van der Waals surface area contributed by atoms with Gasteiger partial charge in [0.2, 0.25) is 0 Å². The number of carbonyl (C=O) groups excluding carboxylic acids is 1. The number of carbonyl (C=O) groups is 1. The Balaban J connectivity index is 1.92. The van der Waals surface area contributed by atoms with Crippen molar-refractivity contribution in [2.75, 3.05) is 11.5 Å². The maximum Gasteiger partial charge on any atom is 0.333 e. The number of ether oxygens (including phenoxy) is 1. The summed E-state index contributed by atoms with van der Waals surface area (Å²) >= 11 is 0. The van der Waals surface area contributed by atoms with E-state index in [0.717, 1.165) is 19.3 Å². The fraction of sp³-hybridized carbons (Fsp3) is 0.727. The van der Waals surface area contributed by atoms with Crippen molar-refractivity contribution in [3.63, 3.8) is 0 Å². The van der Waals surface area contributed by atoms with Crippen LogP contribution < -0.4 is 0 Å². The molecule has 0 aromatic heterocycles. The molecule has 1 atom stereocenters. The van der Waals surface area contributed by atoms with E-state index in [0.29, 0.717) is 18.4 Å². The molecule has 0 aromatic rings. The summed E-state index contributed by atoms with van der Waals surface area (Å²) in [6, 6.07) is 0. The molecule has 90 valence electrons. The van der Waals surface area contributed by atoms with Gasteiger partial charge in [-0.15, -0.1) is 0 Å². The minimum atomic E-state index is -3.00. The normalized spacial score (nSPS) is 28.5. The van der Waals surface area contributed by atoms with Gasteiger partial charge in [0, 0.05) is 5.57 Å². The van der Waals surface area contributed by atoms with Crippen LogP contribution in [0.3, 0.4) is 0 Å². The lowest BCUT2D eigenvalue weighted by molar-refractivity contribution is -0.143. The van der Waals surface area contributed by atoms with Gasteiger partial charge in [0.1, 0.15) is 6.10 Å². The van der Waals surface area contributed by atoms with Crippen molar-refractivity contribution in [2.24, 2.45) is 0 Å². The van der Waals surface area contributed by atoms with Crippen LogP contribution in [0.15, 0.2) is 11.6 Å². The van der Waals surface area contributed by atoms with Crippen LogP contribution in [-0.2, 0) is 19.4 Å². The lowest BCUT2D eigenvalue weighted by atomic mass is 10.2. The van der Waals surface area contributed by atoms with Gasteiger partial charge in [-0.2, -0.15) is 0 Å². The number of rotatable bonds is 2. The van der Waals surface area contributed by atoms with E-state index in [2.05, 4.69) is 0 Å². The van der Waals surface area contributed by atoms with E-state index in [1.807, 2.05) is 6.08 Å². The molecule has 1 aliphatic carbocycles. The van der Waals surface area contributed by atoms with Gasteiger partial charge < -0.3 is 4.74 Å². The third kappa shape index (κ3) is 2.84. The first-order valence-electron chi connectivity index (χ1n) is 5.67. The van der Waals surface area contributed by atoms with Crippen molar-refractivity contribution in [1.82, 2.24) is 0 Å². The van der Waals surface area contributed by atoms with Crippen LogP contribution in [-0.4, -0.2) is 32.0 Å². The Labute approximate surface area is 95.6 Å². The second-order valence-electron chi connectivity index (χ2n) is 4.41. The Morgan fingerprint density at radius 2 is 2.19 bits per heavy atom. The molecule has 0 aromatic carbocycles. The topological polar surface area (TPSA) is 60.4 Å². The van der Waals surface area contributed by atoms with Crippen LogP contribution >= 0.6 is 0 Å². The molecular weight excluding hydrogens is 228 g/mol. The zero-order chi connectivity index (χ0) is 11.6. The first kappa shape index (κ1) is 11.6. The van der Waals surface area contributed by atoms with Crippen LogP contribution in [0.2, 0.25) is 0 Å². The maximum atomic E-state index is 11.6. The van der Waals surface area contributed by atoms with Gasteiger partial charge in [-0.05, 0) is 32.1 Å². The highest BCUT2D eigenvalue weighted by atomic mass is 32.2. The summed E-state index contributed by atoms with van der Waals surface area (Å²) in [4.78, 5) is 11.6. The predicted octanol–water partition coefficient (Wildman–Crippen LogP) is 1.22. The molecule has 0 saturated carbocycles. The van der Waals surface area contributed by atoms with Gasteiger partial charge in [-0.3, -0.25) is 0 Å². The summed E-state index contributed by atoms with van der Waals surface area (Å²) in [6.07, 6.45) is 5.39. The Kier molecular flexibility index (Phi) is 3.33. The third-order valence-electron chi connectivity index (χ3n) is 3.00. The molecular formula is C11H16O4S. The Morgan fingerprint density at radius 3 is 2.81 bits per heavy atom. The van der Waals surface area contributed by atoms with E-state index in [1.165, 1.54) is 0 Å². The minimum Gasteiger partial charge on any atom is -0.458 e. The molecule has 2 aliphatic rings. The maximum absolute atomic E-state index is 11.6. The highest BCUT2D eigenvalue weighted by molar-refractivity contribution is 7.91. The van der Waals surface area contributed by atoms with Crippen LogP contribution in [0.5, 0.6) is 0 Å². The van der Waals surface area contributed by atoms with Gasteiger partial charge in [0.15, 0.2) is 9.84 Å². The average molecular weight is 244 g/mol. The van der Waals surface area contributed by atoms with Crippen molar-refractivity contribution < 1.29 is 17.9 Å². The summed E-state index contributed by atoms with van der Waals surface area (Å²) in [5.41, 5.74) is 0.711. The highest BCUT2D eigenvalue weighted by Crippen LogP contribution is 2.21. The molecule has 1 fully saturated rings. The summed E-state index contributed by atoms with van der Waals surface area (Å²) in [5.74, 6) is -0.102. The fourth-order valence-corrected chi connectivity index (χ4v) is 3.73. The Hall–Kier alpha value is -0.840. The van der Waals surface area contributed by atoms with Gasteiger partial charge >= 0.3 is 5.97 Å². The number of esters is 1. The van der Waals surface area contributed by atoms with Crippen molar-refractivity contribution >= 4 is 15.8 Å². The van der Waals surface area contributed by atoms with E-state index in [1.54, 1.807) is 0 Å². The van der Waals surface area contributed by atoms with Crippen LogP contribution in [0, 0.1) is 0 Å². The first-order valence-corrected chi connectivity index (χ1v) is 7.49. The molecule has 16 heavy (non-hydrogen) atoms. The molecule has 0 N–H and O–H groups in total. The lowest BCUT2D eigenvalue weighted by Crippen LogP contribution is -2.33. The van der Waals surface area contributed by atoms with E-state index >= 15 is 0 Å². The van der Waals surface area contributed by atoms with Gasteiger partial charge in [-0.25, -0.2) is 13.2 Å².